The van der Waals surface area contributed by atoms with Gasteiger partial charge in [-0.2, -0.15) is 0 Å². The predicted molar refractivity (Wildman–Crippen MR) is 67.4 cm³/mol. The third-order valence-electron chi connectivity index (χ3n) is 2.21. The Bertz CT molecular complexity index is 437. The molecule has 0 saturated carbocycles. The summed E-state index contributed by atoms with van der Waals surface area (Å²) in [6.45, 7) is 5.71. The first-order valence-electron chi connectivity index (χ1n) is 5.60. The first-order valence-corrected chi connectivity index (χ1v) is 5.60. The van der Waals surface area contributed by atoms with Crippen LogP contribution in [0.2, 0.25) is 0 Å². The molecule has 0 aliphatic rings. The molecule has 0 aliphatic heterocycles. The Hall–Kier alpha value is -1.75. The highest BCUT2D eigenvalue weighted by Crippen LogP contribution is 2.29. The van der Waals surface area contributed by atoms with Crippen molar-refractivity contribution < 1.29 is 19.4 Å². The summed E-state index contributed by atoms with van der Waals surface area (Å²) in [4.78, 5) is 11.4. The number of ether oxygens (including phenoxy) is 2. The van der Waals surface area contributed by atoms with Gasteiger partial charge in [0.1, 0.15) is 23.1 Å². The van der Waals surface area contributed by atoms with Crippen LogP contribution >= 0.6 is 0 Å². The van der Waals surface area contributed by atoms with Gasteiger partial charge < -0.3 is 20.3 Å². The number of methoxy groups -OCH3 is 1. The predicted octanol–water partition coefficient (Wildman–Crippen LogP) is 1.74. The summed E-state index contributed by atoms with van der Waals surface area (Å²) in [7, 11) is 1.24. The molecule has 1 aromatic carbocycles. The Morgan fingerprint density at radius 3 is 2.50 bits per heavy atom. The van der Waals surface area contributed by atoms with Crippen molar-refractivity contribution in [2.75, 3.05) is 7.11 Å². The molecule has 5 heteroatoms. The molecule has 0 aromatic heterocycles. The van der Waals surface area contributed by atoms with Crippen molar-refractivity contribution in [1.29, 1.82) is 0 Å². The Morgan fingerprint density at radius 2 is 2.00 bits per heavy atom. The smallest absolute Gasteiger partial charge is 0.327 e. The standard InChI is InChI=1S/C13H19NO4/c1-13(2,3)18-8-5-6-10(15)9(7-8)11(14)12(16)17-4/h5-7,11,15H,14H2,1-4H3/t11-/m0/s1. The number of rotatable bonds is 3. The van der Waals surface area contributed by atoms with Crippen LogP contribution in [0.25, 0.3) is 0 Å². The summed E-state index contributed by atoms with van der Waals surface area (Å²) in [5.74, 6) is -0.137. The average molecular weight is 253 g/mol. The van der Waals surface area contributed by atoms with Gasteiger partial charge in [-0.3, -0.25) is 4.79 Å². The Labute approximate surface area is 107 Å². The SMILES string of the molecule is COC(=O)[C@@H](N)c1cc(OC(C)(C)C)ccc1O. The van der Waals surface area contributed by atoms with Gasteiger partial charge in [-0.15, -0.1) is 0 Å². The molecule has 5 nitrogen and oxygen atoms in total. The monoisotopic (exact) mass is 253 g/mol. The van der Waals surface area contributed by atoms with Crippen LogP contribution in [0.3, 0.4) is 0 Å². The molecule has 1 rings (SSSR count). The lowest BCUT2D eigenvalue weighted by Gasteiger charge is -2.22. The first-order chi connectivity index (χ1) is 8.24. The van der Waals surface area contributed by atoms with Crippen molar-refractivity contribution >= 4 is 5.97 Å². The van der Waals surface area contributed by atoms with Crippen LogP contribution in [-0.2, 0) is 9.53 Å². The van der Waals surface area contributed by atoms with Gasteiger partial charge in [-0.25, -0.2) is 0 Å². The molecule has 0 unspecified atom stereocenters. The second-order valence-electron chi connectivity index (χ2n) is 4.94. The van der Waals surface area contributed by atoms with E-state index in [0.29, 0.717) is 5.75 Å². The number of aromatic hydroxyl groups is 1. The number of nitrogens with two attached hydrogens (primary N) is 1. The van der Waals surface area contributed by atoms with Gasteiger partial charge in [0.25, 0.3) is 0 Å². The highest BCUT2D eigenvalue weighted by molar-refractivity contribution is 5.78. The van der Waals surface area contributed by atoms with E-state index in [1.165, 1.54) is 13.2 Å². The summed E-state index contributed by atoms with van der Waals surface area (Å²) in [5, 5.41) is 9.70. The molecule has 1 atom stereocenters. The maximum atomic E-state index is 11.4. The first kappa shape index (κ1) is 14.3. The Morgan fingerprint density at radius 1 is 1.39 bits per heavy atom. The number of benzene rings is 1. The fourth-order valence-electron chi connectivity index (χ4n) is 1.45. The summed E-state index contributed by atoms with van der Waals surface area (Å²) >= 11 is 0. The molecule has 100 valence electrons. The van der Waals surface area contributed by atoms with Crippen LogP contribution in [0.15, 0.2) is 18.2 Å². The zero-order valence-electron chi connectivity index (χ0n) is 11.1. The van der Waals surface area contributed by atoms with E-state index in [0.717, 1.165) is 0 Å². The normalized spacial score (nSPS) is 12.9. The molecule has 0 spiro atoms. The fourth-order valence-corrected chi connectivity index (χ4v) is 1.45. The lowest BCUT2D eigenvalue weighted by Crippen LogP contribution is -2.24. The number of carbonyl (C=O) groups is 1. The van der Waals surface area contributed by atoms with Gasteiger partial charge in [0.2, 0.25) is 0 Å². The molecular weight excluding hydrogens is 234 g/mol. The highest BCUT2D eigenvalue weighted by atomic mass is 16.5. The van der Waals surface area contributed by atoms with Crippen LogP contribution in [0, 0.1) is 0 Å². The van der Waals surface area contributed by atoms with Crippen LogP contribution in [0.1, 0.15) is 32.4 Å². The molecule has 0 amide bonds. The average Bonchev–Trinajstić information content (AvgIpc) is 2.28. The molecule has 0 bridgehead atoms. The topological polar surface area (TPSA) is 81.8 Å². The van der Waals surface area contributed by atoms with Crippen LogP contribution in [0.4, 0.5) is 0 Å². The van der Waals surface area contributed by atoms with Crippen LogP contribution < -0.4 is 10.5 Å². The number of phenols is 1. The van der Waals surface area contributed by atoms with Gasteiger partial charge >= 0.3 is 5.97 Å². The number of hydrogen-bond donors (Lipinski definition) is 2. The van der Waals surface area contributed by atoms with E-state index in [9.17, 15) is 9.90 Å². The molecular formula is C13H19NO4. The quantitative estimate of drug-likeness (QED) is 0.802. The minimum atomic E-state index is -1.03. The van der Waals surface area contributed by atoms with E-state index in [2.05, 4.69) is 4.74 Å². The van der Waals surface area contributed by atoms with Gasteiger partial charge in [0, 0.05) is 5.56 Å². The van der Waals surface area contributed by atoms with E-state index >= 15 is 0 Å². The lowest BCUT2D eigenvalue weighted by atomic mass is 10.1. The van der Waals surface area contributed by atoms with E-state index in [1.54, 1.807) is 12.1 Å². The molecule has 0 saturated heterocycles. The van der Waals surface area contributed by atoms with E-state index in [-0.39, 0.29) is 16.9 Å². The maximum absolute atomic E-state index is 11.4. The summed E-state index contributed by atoms with van der Waals surface area (Å²) in [6, 6.07) is 3.58. The summed E-state index contributed by atoms with van der Waals surface area (Å²) in [6.07, 6.45) is 0. The van der Waals surface area contributed by atoms with Crippen molar-refractivity contribution in [1.82, 2.24) is 0 Å². The van der Waals surface area contributed by atoms with Gasteiger partial charge in [0.15, 0.2) is 0 Å². The minimum Gasteiger partial charge on any atom is -0.508 e. The lowest BCUT2D eigenvalue weighted by molar-refractivity contribution is -0.142. The Balaban J connectivity index is 3.05. The zero-order chi connectivity index (χ0) is 13.9. The molecule has 18 heavy (non-hydrogen) atoms. The highest BCUT2D eigenvalue weighted by Gasteiger charge is 2.21. The van der Waals surface area contributed by atoms with Crippen molar-refractivity contribution in [3.8, 4) is 11.5 Å². The fraction of sp³-hybridized carbons (Fsp3) is 0.462. The molecule has 0 aliphatic carbocycles. The van der Waals surface area contributed by atoms with E-state index < -0.39 is 12.0 Å². The molecule has 0 radical (unpaired) electrons. The van der Waals surface area contributed by atoms with Gasteiger partial charge in [-0.05, 0) is 39.0 Å². The van der Waals surface area contributed by atoms with Gasteiger partial charge in [-0.1, -0.05) is 0 Å². The Kier molecular flexibility index (Phi) is 4.19. The molecule has 3 N–H and O–H groups in total. The van der Waals surface area contributed by atoms with Crippen molar-refractivity contribution in [3.63, 3.8) is 0 Å². The molecule has 1 aromatic rings. The zero-order valence-corrected chi connectivity index (χ0v) is 11.1. The summed E-state index contributed by atoms with van der Waals surface area (Å²) in [5.41, 5.74) is 5.60. The molecule has 0 heterocycles. The van der Waals surface area contributed by atoms with E-state index in [4.69, 9.17) is 10.5 Å². The van der Waals surface area contributed by atoms with Crippen LogP contribution in [0.5, 0.6) is 11.5 Å². The van der Waals surface area contributed by atoms with Gasteiger partial charge in [0.05, 0.1) is 7.11 Å². The third-order valence-corrected chi connectivity index (χ3v) is 2.21. The molecule has 0 fully saturated rings. The minimum absolute atomic E-state index is 0.0610. The number of esters is 1. The van der Waals surface area contributed by atoms with E-state index in [1.807, 2.05) is 20.8 Å². The number of phenolic OH excluding ortho intramolecular Hbond substituents is 1. The number of carbonyl (C=O) groups excluding carboxylic acids is 1. The maximum Gasteiger partial charge on any atom is 0.327 e. The number of hydrogen-bond acceptors (Lipinski definition) is 5. The van der Waals surface area contributed by atoms with Crippen LogP contribution in [-0.4, -0.2) is 23.8 Å². The second kappa shape index (κ2) is 5.27. The van der Waals surface area contributed by atoms with Crippen molar-refractivity contribution in [2.45, 2.75) is 32.4 Å². The summed E-state index contributed by atoms with van der Waals surface area (Å²) < 4.78 is 10.2. The third kappa shape index (κ3) is 3.63. The van der Waals surface area contributed by atoms with Crippen molar-refractivity contribution in [2.24, 2.45) is 5.73 Å². The van der Waals surface area contributed by atoms with Crippen molar-refractivity contribution in [3.05, 3.63) is 23.8 Å². The second-order valence-corrected chi connectivity index (χ2v) is 4.94. The largest absolute Gasteiger partial charge is 0.508 e.